The van der Waals surface area contributed by atoms with Gasteiger partial charge in [-0.2, -0.15) is 0 Å². The van der Waals surface area contributed by atoms with Crippen molar-refractivity contribution in [2.24, 2.45) is 23.6 Å². The number of unbranched alkanes of at least 4 members (excludes halogenated alkanes) is 5. The molecule has 2 atom stereocenters. The van der Waals surface area contributed by atoms with Crippen molar-refractivity contribution in [3.63, 3.8) is 0 Å². The Balaban J connectivity index is 2.29. The Hall–Kier alpha value is 0. The molecule has 0 N–H and O–H groups in total. The largest absolute Gasteiger partial charge is 0.0628 e. The number of hydrogen-bond acceptors (Lipinski definition) is 0. The zero-order chi connectivity index (χ0) is 18.8. The standard InChI is InChI=1S/C23H46/c1-20(2)14-9-7-5-6-8-10-16-22-17-11-12-18-23(22)19-13-15-21(3)4/h20-23H,5-19H2,1-4H3/i22D,23D. The fourth-order valence-corrected chi connectivity index (χ4v) is 3.96. The fourth-order valence-electron chi connectivity index (χ4n) is 3.96. The summed E-state index contributed by atoms with van der Waals surface area (Å²) < 4.78 is 18.1. The first-order chi connectivity index (χ1) is 11.8. The lowest BCUT2D eigenvalue weighted by Crippen LogP contribution is -2.19. The van der Waals surface area contributed by atoms with E-state index in [9.17, 15) is 0 Å². The highest BCUT2D eigenvalue weighted by atomic mass is 14.3. The highest BCUT2D eigenvalue weighted by Crippen LogP contribution is 2.37. The van der Waals surface area contributed by atoms with E-state index in [0.717, 1.165) is 43.9 Å². The third kappa shape index (κ3) is 11.2. The van der Waals surface area contributed by atoms with E-state index < -0.39 is 11.8 Å². The molecule has 1 rings (SSSR count). The van der Waals surface area contributed by atoms with Crippen LogP contribution in [0.2, 0.25) is 0 Å². The molecule has 138 valence electrons. The summed E-state index contributed by atoms with van der Waals surface area (Å²) in [5.41, 5.74) is 0. The predicted molar refractivity (Wildman–Crippen MR) is 106 cm³/mol. The van der Waals surface area contributed by atoms with Crippen LogP contribution in [0.1, 0.15) is 127 Å². The maximum atomic E-state index is 9.07. The van der Waals surface area contributed by atoms with Gasteiger partial charge in [0.2, 0.25) is 0 Å². The molecule has 0 saturated heterocycles. The minimum atomic E-state index is -0.475. The van der Waals surface area contributed by atoms with Gasteiger partial charge in [0.05, 0.1) is 0 Å². The van der Waals surface area contributed by atoms with Crippen LogP contribution in [-0.2, 0) is 0 Å². The molecule has 0 spiro atoms. The van der Waals surface area contributed by atoms with Crippen LogP contribution >= 0.6 is 0 Å². The molecule has 23 heavy (non-hydrogen) atoms. The summed E-state index contributed by atoms with van der Waals surface area (Å²) in [6.07, 6.45) is 17.8. The molecule has 1 aliphatic carbocycles. The van der Waals surface area contributed by atoms with Crippen molar-refractivity contribution in [3.05, 3.63) is 0 Å². The van der Waals surface area contributed by atoms with Crippen molar-refractivity contribution in [1.82, 2.24) is 0 Å². The molecule has 0 heterocycles. The smallest absolute Gasteiger partial charge is 0.0306 e. The van der Waals surface area contributed by atoms with E-state index in [-0.39, 0.29) is 0 Å². The summed E-state index contributed by atoms with van der Waals surface area (Å²) in [5.74, 6) is 0.621. The third-order valence-electron chi connectivity index (χ3n) is 5.48. The fraction of sp³-hybridized carbons (Fsp3) is 1.00. The van der Waals surface area contributed by atoms with Crippen LogP contribution in [0, 0.1) is 23.6 Å². The van der Waals surface area contributed by atoms with Gasteiger partial charge in [0, 0.05) is 2.74 Å². The SMILES string of the molecule is [2H]C1(CCCCCCCCC(C)C)CCCCC1([2H])CCCC(C)C. The van der Waals surface area contributed by atoms with Gasteiger partial charge in [0.1, 0.15) is 0 Å². The molecule has 0 aromatic heterocycles. The quantitative estimate of drug-likeness (QED) is 0.298. The van der Waals surface area contributed by atoms with E-state index >= 15 is 0 Å². The minimum Gasteiger partial charge on any atom is -0.0628 e. The second-order valence-electron chi connectivity index (χ2n) is 8.75. The molecule has 1 aliphatic rings. The monoisotopic (exact) mass is 324 g/mol. The maximum absolute atomic E-state index is 9.07. The van der Waals surface area contributed by atoms with Crippen molar-refractivity contribution in [3.8, 4) is 0 Å². The summed E-state index contributed by atoms with van der Waals surface area (Å²) in [6.45, 7) is 9.16. The summed E-state index contributed by atoms with van der Waals surface area (Å²) >= 11 is 0. The van der Waals surface area contributed by atoms with E-state index in [2.05, 4.69) is 27.7 Å². The second-order valence-corrected chi connectivity index (χ2v) is 8.75. The van der Waals surface area contributed by atoms with Gasteiger partial charge >= 0.3 is 0 Å². The molecule has 0 aromatic rings. The van der Waals surface area contributed by atoms with Gasteiger partial charge in [-0.25, -0.2) is 0 Å². The molecule has 0 aliphatic heterocycles. The Morgan fingerprint density at radius 2 is 1.09 bits per heavy atom. The van der Waals surface area contributed by atoms with Crippen LogP contribution in [0.15, 0.2) is 0 Å². The van der Waals surface area contributed by atoms with Crippen LogP contribution in [0.3, 0.4) is 0 Å². The first-order valence-corrected chi connectivity index (χ1v) is 10.8. The van der Waals surface area contributed by atoms with Crippen LogP contribution in [-0.4, -0.2) is 0 Å². The molecule has 1 fully saturated rings. The van der Waals surface area contributed by atoms with Gasteiger partial charge in [-0.05, 0) is 23.6 Å². The summed E-state index contributed by atoms with van der Waals surface area (Å²) in [4.78, 5) is 0. The predicted octanol–water partition coefficient (Wildman–Crippen LogP) is 8.40. The molecule has 0 amide bonds. The molecule has 0 radical (unpaired) electrons. The molecular formula is C23H46. The average molecular weight is 325 g/mol. The Morgan fingerprint density at radius 1 is 0.652 bits per heavy atom. The average Bonchev–Trinajstić information content (AvgIpc) is 2.52. The highest BCUT2D eigenvalue weighted by molar-refractivity contribution is 4.75. The van der Waals surface area contributed by atoms with Crippen molar-refractivity contribution in [2.75, 3.05) is 0 Å². The van der Waals surface area contributed by atoms with E-state index in [1.54, 1.807) is 0 Å². The second kappa shape index (κ2) is 13.3. The third-order valence-corrected chi connectivity index (χ3v) is 5.48. The van der Waals surface area contributed by atoms with Gasteiger partial charge in [0.25, 0.3) is 0 Å². The lowest BCUT2D eigenvalue weighted by molar-refractivity contribution is 0.200. The lowest BCUT2D eigenvalue weighted by Gasteiger charge is -2.32. The van der Waals surface area contributed by atoms with Crippen LogP contribution in [0.25, 0.3) is 0 Å². The number of hydrogen-bond donors (Lipinski definition) is 0. The molecule has 0 nitrogen and oxygen atoms in total. The number of rotatable bonds is 13. The molecule has 2 unspecified atom stereocenters. The van der Waals surface area contributed by atoms with Gasteiger partial charge in [-0.1, -0.05) is 124 Å². The van der Waals surface area contributed by atoms with Crippen molar-refractivity contribution in [1.29, 1.82) is 0 Å². The Labute approximate surface area is 151 Å². The molecule has 0 bridgehead atoms. The van der Waals surface area contributed by atoms with Crippen LogP contribution < -0.4 is 0 Å². The van der Waals surface area contributed by atoms with E-state index in [1.807, 2.05) is 0 Å². The van der Waals surface area contributed by atoms with Crippen LogP contribution in [0.5, 0.6) is 0 Å². The summed E-state index contributed by atoms with van der Waals surface area (Å²) in [7, 11) is 0. The van der Waals surface area contributed by atoms with E-state index in [4.69, 9.17) is 2.74 Å². The summed E-state index contributed by atoms with van der Waals surface area (Å²) in [6, 6.07) is 0. The normalized spacial score (nSPS) is 29.8. The van der Waals surface area contributed by atoms with Crippen molar-refractivity contribution in [2.45, 2.75) is 124 Å². The van der Waals surface area contributed by atoms with E-state index in [0.29, 0.717) is 0 Å². The topological polar surface area (TPSA) is 0 Å². The molecular weight excluding hydrogens is 276 g/mol. The zero-order valence-corrected chi connectivity index (χ0v) is 16.8. The first kappa shape index (κ1) is 17.8. The van der Waals surface area contributed by atoms with Crippen molar-refractivity contribution >= 4 is 0 Å². The zero-order valence-electron chi connectivity index (χ0n) is 18.8. The Bertz CT molecular complexity index is 339. The molecule has 0 heteroatoms. The Kier molecular flexibility index (Phi) is 10.3. The minimum absolute atomic E-state index is 0.472. The summed E-state index contributed by atoms with van der Waals surface area (Å²) in [5, 5.41) is 0. The maximum Gasteiger partial charge on any atom is 0.0306 e. The van der Waals surface area contributed by atoms with Gasteiger partial charge in [-0.3, -0.25) is 0 Å². The van der Waals surface area contributed by atoms with Crippen molar-refractivity contribution < 1.29 is 2.74 Å². The van der Waals surface area contributed by atoms with E-state index in [1.165, 1.54) is 64.2 Å². The van der Waals surface area contributed by atoms with Gasteiger partial charge < -0.3 is 0 Å². The molecule has 1 saturated carbocycles. The van der Waals surface area contributed by atoms with Gasteiger partial charge in [0.15, 0.2) is 0 Å². The lowest BCUT2D eigenvalue weighted by atomic mass is 9.74. The van der Waals surface area contributed by atoms with Gasteiger partial charge in [-0.15, -0.1) is 0 Å². The Morgan fingerprint density at radius 3 is 1.65 bits per heavy atom. The first-order valence-electron chi connectivity index (χ1n) is 11.8. The molecule has 0 aromatic carbocycles. The highest BCUT2D eigenvalue weighted by Gasteiger charge is 2.24. The van der Waals surface area contributed by atoms with Crippen LogP contribution in [0.4, 0.5) is 0 Å².